The van der Waals surface area contributed by atoms with E-state index in [2.05, 4.69) is 5.32 Å². The molecule has 0 amide bonds. The summed E-state index contributed by atoms with van der Waals surface area (Å²) in [4.78, 5) is 0. The van der Waals surface area contributed by atoms with Gasteiger partial charge in [-0.05, 0) is 30.7 Å². The van der Waals surface area contributed by atoms with Crippen molar-refractivity contribution in [1.82, 2.24) is 5.32 Å². The van der Waals surface area contributed by atoms with Crippen molar-refractivity contribution in [2.45, 2.75) is 18.5 Å². The summed E-state index contributed by atoms with van der Waals surface area (Å²) in [6.07, 6.45) is -0.334. The van der Waals surface area contributed by atoms with Crippen molar-refractivity contribution in [3.05, 3.63) is 35.6 Å². The smallest absolute Gasteiger partial charge is 0.123 e. The molecule has 1 aromatic carbocycles. The monoisotopic (exact) mass is 197 g/mol. The minimum atomic E-state index is -0.849. The second kappa shape index (κ2) is 4.05. The number of hydrogen-bond acceptors (Lipinski definition) is 1. The van der Waals surface area contributed by atoms with E-state index in [9.17, 15) is 8.78 Å². The average Bonchev–Trinajstić information content (AvgIpc) is 2.18. The SMILES string of the molecule is Fc1cccc(C2CNCCC2F)c1. The van der Waals surface area contributed by atoms with Gasteiger partial charge in [0.05, 0.1) is 0 Å². The van der Waals surface area contributed by atoms with Crippen LogP contribution in [0.15, 0.2) is 24.3 Å². The molecule has 76 valence electrons. The quantitative estimate of drug-likeness (QED) is 0.728. The van der Waals surface area contributed by atoms with Gasteiger partial charge in [0.15, 0.2) is 0 Å². The zero-order valence-electron chi connectivity index (χ0n) is 7.84. The number of nitrogens with one attached hydrogen (secondary N) is 1. The molecule has 0 saturated carbocycles. The lowest BCUT2D eigenvalue weighted by Crippen LogP contribution is -2.36. The Balaban J connectivity index is 2.20. The van der Waals surface area contributed by atoms with Gasteiger partial charge in [0.1, 0.15) is 12.0 Å². The van der Waals surface area contributed by atoms with E-state index in [1.165, 1.54) is 12.1 Å². The van der Waals surface area contributed by atoms with Gasteiger partial charge in [-0.25, -0.2) is 8.78 Å². The number of alkyl halides is 1. The minimum Gasteiger partial charge on any atom is -0.316 e. The van der Waals surface area contributed by atoms with Crippen LogP contribution in [0, 0.1) is 5.82 Å². The van der Waals surface area contributed by atoms with Crippen molar-refractivity contribution >= 4 is 0 Å². The Morgan fingerprint density at radius 1 is 1.36 bits per heavy atom. The third kappa shape index (κ3) is 1.93. The van der Waals surface area contributed by atoms with Crippen molar-refractivity contribution in [1.29, 1.82) is 0 Å². The maximum Gasteiger partial charge on any atom is 0.123 e. The van der Waals surface area contributed by atoms with Crippen LogP contribution in [-0.4, -0.2) is 19.3 Å². The Bertz CT molecular complexity index is 314. The summed E-state index contributed by atoms with van der Waals surface area (Å²) in [6, 6.07) is 6.22. The number of hydrogen-bond donors (Lipinski definition) is 1. The number of halogens is 2. The maximum atomic E-state index is 13.5. The van der Waals surface area contributed by atoms with E-state index in [0.29, 0.717) is 19.5 Å². The molecule has 2 rings (SSSR count). The lowest BCUT2D eigenvalue weighted by molar-refractivity contribution is 0.228. The molecule has 2 atom stereocenters. The van der Waals surface area contributed by atoms with E-state index in [0.717, 1.165) is 5.56 Å². The fourth-order valence-electron chi connectivity index (χ4n) is 1.89. The molecule has 1 aromatic rings. The largest absolute Gasteiger partial charge is 0.316 e. The van der Waals surface area contributed by atoms with Crippen LogP contribution >= 0.6 is 0 Å². The molecule has 1 heterocycles. The fraction of sp³-hybridized carbons (Fsp3) is 0.455. The summed E-state index contributed by atoms with van der Waals surface area (Å²) in [5, 5.41) is 3.12. The van der Waals surface area contributed by atoms with E-state index in [1.807, 2.05) is 0 Å². The summed E-state index contributed by atoms with van der Waals surface area (Å²) in [5.74, 6) is -0.486. The van der Waals surface area contributed by atoms with Gasteiger partial charge < -0.3 is 5.32 Å². The zero-order valence-corrected chi connectivity index (χ0v) is 7.84. The molecule has 3 heteroatoms. The van der Waals surface area contributed by atoms with Crippen molar-refractivity contribution < 1.29 is 8.78 Å². The molecular weight excluding hydrogens is 184 g/mol. The summed E-state index contributed by atoms with van der Waals surface area (Å²) in [6.45, 7) is 1.32. The maximum absolute atomic E-state index is 13.5. The molecule has 0 aromatic heterocycles. The predicted molar refractivity (Wildman–Crippen MR) is 51.5 cm³/mol. The first kappa shape index (κ1) is 9.59. The standard InChI is InChI=1S/C11H13F2N/c12-9-3-1-2-8(6-9)10-7-14-5-4-11(10)13/h1-3,6,10-11,14H,4-5,7H2. The van der Waals surface area contributed by atoms with Gasteiger partial charge in [-0.3, -0.25) is 0 Å². The molecule has 1 aliphatic rings. The van der Waals surface area contributed by atoms with E-state index < -0.39 is 6.17 Å². The van der Waals surface area contributed by atoms with Crippen molar-refractivity contribution in [2.75, 3.05) is 13.1 Å². The van der Waals surface area contributed by atoms with Gasteiger partial charge in [0.2, 0.25) is 0 Å². The van der Waals surface area contributed by atoms with Crippen LogP contribution in [-0.2, 0) is 0 Å². The lowest BCUT2D eigenvalue weighted by atomic mass is 9.90. The minimum absolute atomic E-state index is 0.195. The van der Waals surface area contributed by atoms with Crippen LogP contribution in [0.2, 0.25) is 0 Å². The Kier molecular flexibility index (Phi) is 2.77. The topological polar surface area (TPSA) is 12.0 Å². The second-order valence-electron chi connectivity index (χ2n) is 3.67. The molecule has 0 aliphatic carbocycles. The van der Waals surface area contributed by atoms with Crippen molar-refractivity contribution in [3.63, 3.8) is 0 Å². The average molecular weight is 197 g/mol. The van der Waals surface area contributed by atoms with Gasteiger partial charge in [-0.1, -0.05) is 12.1 Å². The van der Waals surface area contributed by atoms with Crippen LogP contribution in [0.25, 0.3) is 0 Å². The summed E-state index contributed by atoms with van der Waals surface area (Å²) >= 11 is 0. The van der Waals surface area contributed by atoms with Crippen molar-refractivity contribution in [2.24, 2.45) is 0 Å². The van der Waals surface area contributed by atoms with Crippen LogP contribution in [0.3, 0.4) is 0 Å². The van der Waals surface area contributed by atoms with Crippen molar-refractivity contribution in [3.8, 4) is 0 Å². The predicted octanol–water partition coefficient (Wildman–Crippen LogP) is 2.24. The second-order valence-corrected chi connectivity index (χ2v) is 3.67. The molecular formula is C11H13F2N. The van der Waals surface area contributed by atoms with Gasteiger partial charge in [0.25, 0.3) is 0 Å². The number of rotatable bonds is 1. The van der Waals surface area contributed by atoms with E-state index >= 15 is 0 Å². The number of piperidine rings is 1. The Morgan fingerprint density at radius 3 is 2.93 bits per heavy atom. The highest BCUT2D eigenvalue weighted by atomic mass is 19.1. The van der Waals surface area contributed by atoms with Gasteiger partial charge in [0, 0.05) is 12.5 Å². The van der Waals surface area contributed by atoms with Crippen LogP contribution in [0.1, 0.15) is 17.9 Å². The summed E-state index contributed by atoms with van der Waals surface area (Å²) < 4.78 is 26.4. The first-order valence-electron chi connectivity index (χ1n) is 4.87. The fourth-order valence-corrected chi connectivity index (χ4v) is 1.89. The lowest BCUT2D eigenvalue weighted by Gasteiger charge is -2.27. The van der Waals surface area contributed by atoms with E-state index in [1.54, 1.807) is 12.1 Å². The summed E-state index contributed by atoms with van der Waals surface area (Å²) in [5.41, 5.74) is 0.754. The molecule has 0 spiro atoms. The molecule has 1 saturated heterocycles. The third-order valence-electron chi connectivity index (χ3n) is 2.67. The van der Waals surface area contributed by atoms with Crippen LogP contribution < -0.4 is 5.32 Å². The highest BCUT2D eigenvalue weighted by Gasteiger charge is 2.25. The number of benzene rings is 1. The molecule has 1 N–H and O–H groups in total. The molecule has 1 aliphatic heterocycles. The third-order valence-corrected chi connectivity index (χ3v) is 2.67. The molecule has 14 heavy (non-hydrogen) atoms. The molecule has 1 nitrogen and oxygen atoms in total. The first-order chi connectivity index (χ1) is 6.77. The van der Waals surface area contributed by atoms with Gasteiger partial charge in [-0.15, -0.1) is 0 Å². The van der Waals surface area contributed by atoms with E-state index in [4.69, 9.17) is 0 Å². The molecule has 0 radical (unpaired) electrons. The molecule has 0 bridgehead atoms. The molecule has 2 unspecified atom stereocenters. The highest BCUT2D eigenvalue weighted by molar-refractivity contribution is 5.22. The van der Waals surface area contributed by atoms with Gasteiger partial charge >= 0.3 is 0 Å². The Morgan fingerprint density at radius 2 is 2.21 bits per heavy atom. The Labute approximate surface area is 82.1 Å². The molecule has 1 fully saturated rings. The normalized spacial score (nSPS) is 27.6. The summed E-state index contributed by atoms with van der Waals surface area (Å²) in [7, 11) is 0. The van der Waals surface area contributed by atoms with E-state index in [-0.39, 0.29) is 11.7 Å². The van der Waals surface area contributed by atoms with Gasteiger partial charge in [-0.2, -0.15) is 0 Å². The first-order valence-corrected chi connectivity index (χ1v) is 4.87. The van der Waals surface area contributed by atoms with Crippen LogP contribution in [0.5, 0.6) is 0 Å². The zero-order chi connectivity index (χ0) is 9.97. The Hall–Kier alpha value is -0.960. The highest BCUT2D eigenvalue weighted by Crippen LogP contribution is 2.26. The van der Waals surface area contributed by atoms with Crippen LogP contribution in [0.4, 0.5) is 8.78 Å².